The van der Waals surface area contributed by atoms with Crippen LogP contribution in [0, 0.1) is 6.92 Å². The van der Waals surface area contributed by atoms with E-state index in [0.717, 1.165) is 42.3 Å². The number of nitrogens with zero attached hydrogens (tertiary/aromatic N) is 6. The summed E-state index contributed by atoms with van der Waals surface area (Å²) in [5, 5.41) is 8.66. The third-order valence-corrected chi connectivity index (χ3v) is 4.00. The van der Waals surface area contributed by atoms with E-state index in [2.05, 4.69) is 32.1 Å². The molecule has 1 fully saturated rings. The number of ether oxygens (including phenoxy) is 1. The molecule has 2 aromatic rings. The Morgan fingerprint density at radius 2 is 2.00 bits per heavy atom. The third kappa shape index (κ3) is 2.57. The fourth-order valence-corrected chi connectivity index (χ4v) is 2.87. The van der Waals surface area contributed by atoms with Gasteiger partial charge in [-0.3, -0.25) is 0 Å². The predicted molar refractivity (Wildman–Crippen MR) is 80.5 cm³/mol. The van der Waals surface area contributed by atoms with Gasteiger partial charge in [-0.1, -0.05) is 12.1 Å². The summed E-state index contributed by atoms with van der Waals surface area (Å²) >= 11 is 0. The van der Waals surface area contributed by atoms with E-state index >= 15 is 0 Å². The molecule has 0 spiro atoms. The summed E-state index contributed by atoms with van der Waals surface area (Å²) in [6, 6.07) is 0.153. The molecule has 3 rings (SSSR count). The molecule has 1 saturated heterocycles. The van der Waals surface area contributed by atoms with Crippen LogP contribution in [0.3, 0.4) is 0 Å². The molecule has 0 aliphatic carbocycles. The van der Waals surface area contributed by atoms with E-state index in [1.165, 1.54) is 12.8 Å². The number of hydrogen-bond acceptors (Lipinski definition) is 6. The van der Waals surface area contributed by atoms with E-state index < -0.39 is 0 Å². The molecule has 0 bridgehead atoms. The number of hydrogen-bond donors (Lipinski definition) is 0. The molecule has 0 saturated carbocycles. The number of rotatable bonds is 5. The summed E-state index contributed by atoms with van der Waals surface area (Å²) in [7, 11) is 1.71. The number of anilines is 1. The Morgan fingerprint density at radius 1 is 1.24 bits per heavy atom. The maximum absolute atomic E-state index is 5.29. The summed E-state index contributed by atoms with van der Waals surface area (Å²) in [5.74, 6) is 1.69. The van der Waals surface area contributed by atoms with E-state index in [0.29, 0.717) is 6.61 Å². The first-order valence-corrected chi connectivity index (χ1v) is 7.58. The normalized spacial score (nSPS) is 16.8. The average Bonchev–Trinajstić information content (AvgIpc) is 3.13. The van der Waals surface area contributed by atoms with Gasteiger partial charge in [0.15, 0.2) is 17.0 Å². The molecule has 2 aromatic heterocycles. The van der Waals surface area contributed by atoms with Crippen molar-refractivity contribution in [3.8, 4) is 0 Å². The van der Waals surface area contributed by atoms with Gasteiger partial charge in [-0.05, 0) is 26.2 Å². The summed E-state index contributed by atoms with van der Waals surface area (Å²) in [5.41, 5.74) is 1.62. The highest BCUT2D eigenvalue weighted by molar-refractivity contribution is 5.83. The number of aryl methyl sites for hydroxylation is 1. The van der Waals surface area contributed by atoms with E-state index in [1.54, 1.807) is 7.11 Å². The van der Waals surface area contributed by atoms with Gasteiger partial charge in [0.05, 0.1) is 12.6 Å². The molecule has 7 heteroatoms. The van der Waals surface area contributed by atoms with Crippen LogP contribution in [0.5, 0.6) is 0 Å². The zero-order valence-electron chi connectivity index (χ0n) is 12.9. The van der Waals surface area contributed by atoms with Crippen molar-refractivity contribution in [3.05, 3.63) is 5.82 Å². The Labute approximate surface area is 124 Å². The number of methoxy groups -OCH3 is 1. The number of fused-ring (bicyclic) bond motifs is 1. The lowest BCUT2D eigenvalue weighted by molar-refractivity contribution is 0.148. The lowest BCUT2D eigenvalue weighted by Gasteiger charge is -2.17. The monoisotopic (exact) mass is 290 g/mol. The van der Waals surface area contributed by atoms with Gasteiger partial charge in [0.2, 0.25) is 0 Å². The number of aromatic nitrogens is 5. The molecule has 0 radical (unpaired) electrons. The van der Waals surface area contributed by atoms with E-state index in [9.17, 15) is 0 Å². The molecular formula is C14H22N6O. The fraction of sp³-hybridized carbons (Fsp3) is 0.714. The van der Waals surface area contributed by atoms with E-state index in [4.69, 9.17) is 4.74 Å². The second-order valence-electron chi connectivity index (χ2n) is 5.51. The van der Waals surface area contributed by atoms with Gasteiger partial charge in [-0.2, -0.15) is 0 Å². The van der Waals surface area contributed by atoms with Crippen molar-refractivity contribution in [2.24, 2.45) is 0 Å². The minimum atomic E-state index is 0.153. The van der Waals surface area contributed by atoms with Crippen molar-refractivity contribution in [2.75, 3.05) is 31.7 Å². The quantitative estimate of drug-likeness (QED) is 0.835. The van der Waals surface area contributed by atoms with Crippen LogP contribution < -0.4 is 4.90 Å². The molecule has 0 aromatic carbocycles. The summed E-state index contributed by atoms with van der Waals surface area (Å²) in [4.78, 5) is 11.4. The van der Waals surface area contributed by atoms with Crippen LogP contribution in [0.25, 0.3) is 11.2 Å². The van der Waals surface area contributed by atoms with Crippen molar-refractivity contribution in [2.45, 2.75) is 39.2 Å². The van der Waals surface area contributed by atoms with Crippen LogP contribution in [0.1, 0.15) is 38.1 Å². The van der Waals surface area contributed by atoms with Crippen molar-refractivity contribution in [1.29, 1.82) is 0 Å². The second kappa shape index (κ2) is 5.93. The second-order valence-corrected chi connectivity index (χ2v) is 5.51. The molecule has 0 amide bonds. The minimum Gasteiger partial charge on any atom is -0.382 e. The molecule has 1 unspecified atom stereocenters. The maximum atomic E-state index is 5.29. The van der Waals surface area contributed by atoms with Crippen LogP contribution in [-0.4, -0.2) is 51.8 Å². The van der Waals surface area contributed by atoms with Gasteiger partial charge >= 0.3 is 0 Å². The van der Waals surface area contributed by atoms with Gasteiger partial charge in [0, 0.05) is 20.2 Å². The van der Waals surface area contributed by atoms with Crippen LogP contribution in [0.4, 0.5) is 5.82 Å². The maximum Gasteiger partial charge on any atom is 0.184 e. The molecule has 21 heavy (non-hydrogen) atoms. The largest absolute Gasteiger partial charge is 0.382 e. The van der Waals surface area contributed by atoms with Crippen LogP contribution in [-0.2, 0) is 4.74 Å². The average molecular weight is 290 g/mol. The molecule has 114 valence electrons. The first-order valence-electron chi connectivity index (χ1n) is 7.58. The fourth-order valence-electron chi connectivity index (χ4n) is 2.87. The Bertz CT molecular complexity index is 619. The first-order chi connectivity index (χ1) is 10.2. The molecule has 3 heterocycles. The van der Waals surface area contributed by atoms with Crippen molar-refractivity contribution in [3.63, 3.8) is 0 Å². The summed E-state index contributed by atoms with van der Waals surface area (Å²) in [6.45, 7) is 6.72. The topological polar surface area (TPSA) is 69.0 Å². The minimum absolute atomic E-state index is 0.153. The molecule has 7 nitrogen and oxygen atoms in total. The van der Waals surface area contributed by atoms with Crippen LogP contribution >= 0.6 is 0 Å². The van der Waals surface area contributed by atoms with E-state index in [-0.39, 0.29) is 6.04 Å². The highest BCUT2D eigenvalue weighted by Crippen LogP contribution is 2.26. The van der Waals surface area contributed by atoms with Gasteiger partial charge in [-0.25, -0.2) is 14.6 Å². The Morgan fingerprint density at radius 3 is 2.67 bits per heavy atom. The molecule has 0 N–H and O–H groups in total. The molecule has 1 aliphatic rings. The van der Waals surface area contributed by atoms with Crippen LogP contribution in [0.15, 0.2) is 0 Å². The SMILES string of the molecule is CCC(COC)n1nnc2c(N3CCCC3)nc(C)nc21. The zero-order chi connectivity index (χ0) is 14.8. The Balaban J connectivity index is 2.08. The smallest absolute Gasteiger partial charge is 0.184 e. The predicted octanol–water partition coefficient (Wildman–Crippen LogP) is 1.73. The van der Waals surface area contributed by atoms with Crippen molar-refractivity contribution >= 4 is 17.0 Å². The third-order valence-electron chi connectivity index (χ3n) is 4.00. The lowest BCUT2D eigenvalue weighted by Crippen LogP contribution is -2.20. The Hall–Kier alpha value is -1.76. The molecular weight excluding hydrogens is 268 g/mol. The van der Waals surface area contributed by atoms with Gasteiger partial charge in [0.25, 0.3) is 0 Å². The van der Waals surface area contributed by atoms with Gasteiger partial charge in [-0.15, -0.1) is 5.10 Å². The summed E-state index contributed by atoms with van der Waals surface area (Å²) < 4.78 is 7.17. The van der Waals surface area contributed by atoms with Crippen molar-refractivity contribution < 1.29 is 4.74 Å². The molecule has 1 atom stereocenters. The highest BCUT2D eigenvalue weighted by atomic mass is 16.5. The first kappa shape index (κ1) is 14.2. The van der Waals surface area contributed by atoms with Crippen molar-refractivity contribution in [1.82, 2.24) is 25.0 Å². The van der Waals surface area contributed by atoms with Crippen LogP contribution in [0.2, 0.25) is 0 Å². The van der Waals surface area contributed by atoms with E-state index in [1.807, 2.05) is 11.6 Å². The molecule has 1 aliphatic heterocycles. The van der Waals surface area contributed by atoms with Gasteiger partial charge in [0.1, 0.15) is 5.82 Å². The lowest BCUT2D eigenvalue weighted by atomic mass is 10.2. The summed E-state index contributed by atoms with van der Waals surface area (Å²) in [6.07, 6.45) is 3.34. The van der Waals surface area contributed by atoms with Gasteiger partial charge < -0.3 is 9.64 Å². The zero-order valence-corrected chi connectivity index (χ0v) is 12.9. The Kier molecular flexibility index (Phi) is 4.01. The standard InChI is InChI=1S/C14H22N6O/c1-4-11(9-21-3)20-14-12(17-18-20)13(15-10(2)16-14)19-7-5-6-8-19/h11H,4-9H2,1-3H3. The highest BCUT2D eigenvalue weighted by Gasteiger charge is 2.23.